The fourth-order valence-electron chi connectivity index (χ4n) is 4.05. The highest BCUT2D eigenvalue weighted by atomic mass is 16.5. The van der Waals surface area contributed by atoms with Crippen LogP contribution in [-0.4, -0.2) is 47.3 Å². The van der Waals surface area contributed by atoms with Crippen LogP contribution in [0.5, 0.6) is 0 Å². The zero-order chi connectivity index (χ0) is 22.6. The Morgan fingerprint density at radius 2 is 1.94 bits per heavy atom. The van der Waals surface area contributed by atoms with Crippen LogP contribution in [0.15, 0.2) is 30.3 Å². The van der Waals surface area contributed by atoms with Crippen LogP contribution < -0.4 is 10.6 Å². The van der Waals surface area contributed by atoms with Crippen LogP contribution in [0.4, 0.5) is 0 Å². The number of nitrogens with one attached hydrogen (secondary N) is 2. The molecule has 1 aliphatic rings. The van der Waals surface area contributed by atoms with Crippen molar-refractivity contribution in [3.63, 3.8) is 0 Å². The van der Waals surface area contributed by atoms with Crippen molar-refractivity contribution in [1.29, 1.82) is 0 Å². The predicted molar refractivity (Wildman–Crippen MR) is 116 cm³/mol. The molecule has 31 heavy (non-hydrogen) atoms. The summed E-state index contributed by atoms with van der Waals surface area (Å²) < 4.78 is 5.88. The maximum atomic E-state index is 12.8. The molecule has 1 aromatic carbocycles. The molecule has 4 unspecified atom stereocenters. The minimum atomic E-state index is -0.602. The first-order chi connectivity index (χ1) is 15.0. The number of unbranched alkanes of at least 4 members (excludes halogenated alkanes) is 2. The zero-order valence-electron chi connectivity index (χ0n) is 18.5. The van der Waals surface area contributed by atoms with E-state index in [2.05, 4.69) is 17.6 Å². The summed E-state index contributed by atoms with van der Waals surface area (Å²) in [6.07, 6.45) is 4.86. The van der Waals surface area contributed by atoms with Gasteiger partial charge in [0.25, 0.3) is 5.91 Å². The molecule has 0 radical (unpaired) electrons. The van der Waals surface area contributed by atoms with Gasteiger partial charge >= 0.3 is 0 Å². The number of hydrogen-bond donors (Lipinski definition) is 3. The lowest BCUT2D eigenvalue weighted by molar-refractivity contribution is -0.168. The van der Waals surface area contributed by atoms with Gasteiger partial charge in [0.2, 0.25) is 12.3 Å². The molecule has 2 rings (SSSR count). The lowest BCUT2D eigenvalue weighted by atomic mass is 9.90. The number of rotatable bonds is 13. The topological polar surface area (TPSA) is 108 Å². The van der Waals surface area contributed by atoms with E-state index in [-0.39, 0.29) is 24.6 Å². The third-order valence-corrected chi connectivity index (χ3v) is 5.79. The SMILES string of the molecule is CCCCCC(C(=O)NCNC(=O)C1CCC(c2ccccc2)O1)C(CC)N(O)C=O. The van der Waals surface area contributed by atoms with Crippen molar-refractivity contribution in [3.05, 3.63) is 35.9 Å². The Hall–Kier alpha value is -2.45. The lowest BCUT2D eigenvalue weighted by Gasteiger charge is -2.29. The molecule has 0 bridgehead atoms. The number of amides is 3. The second-order valence-electron chi connectivity index (χ2n) is 7.92. The highest BCUT2D eigenvalue weighted by Gasteiger charge is 2.32. The van der Waals surface area contributed by atoms with E-state index in [1.807, 2.05) is 37.3 Å². The standard InChI is InChI=1S/C23H35N3O5/c1-3-5-7-12-18(19(4-2)26(30)16-27)22(28)24-15-25-23(29)21-14-13-20(31-21)17-10-8-6-9-11-17/h6,8-11,16,18-21,30H,3-5,7,12-15H2,1-2H3,(H,24,28)(H,25,29). The van der Waals surface area contributed by atoms with Gasteiger partial charge in [0.1, 0.15) is 6.10 Å². The first-order valence-corrected chi connectivity index (χ1v) is 11.2. The van der Waals surface area contributed by atoms with Gasteiger partial charge in [-0.15, -0.1) is 0 Å². The first kappa shape index (κ1) is 24.8. The van der Waals surface area contributed by atoms with E-state index in [0.29, 0.717) is 30.7 Å². The van der Waals surface area contributed by atoms with E-state index in [1.54, 1.807) is 0 Å². The van der Waals surface area contributed by atoms with E-state index in [1.165, 1.54) is 0 Å². The molecule has 4 atom stereocenters. The number of hydroxylamine groups is 2. The average molecular weight is 434 g/mol. The summed E-state index contributed by atoms with van der Waals surface area (Å²) in [4.78, 5) is 36.2. The van der Waals surface area contributed by atoms with Gasteiger partial charge in [-0.05, 0) is 31.2 Å². The van der Waals surface area contributed by atoms with Gasteiger partial charge in [-0.3, -0.25) is 19.6 Å². The third kappa shape index (κ3) is 7.33. The first-order valence-electron chi connectivity index (χ1n) is 11.2. The van der Waals surface area contributed by atoms with E-state index in [0.717, 1.165) is 31.2 Å². The van der Waals surface area contributed by atoms with E-state index >= 15 is 0 Å². The Kier molecular flexibility index (Phi) is 10.5. The number of nitrogens with zero attached hydrogens (tertiary/aromatic N) is 1. The van der Waals surface area contributed by atoms with E-state index < -0.39 is 18.1 Å². The molecule has 3 amide bonds. The fraction of sp³-hybridized carbons (Fsp3) is 0.609. The molecule has 3 N–H and O–H groups in total. The van der Waals surface area contributed by atoms with Gasteiger partial charge < -0.3 is 15.4 Å². The lowest BCUT2D eigenvalue weighted by Crippen LogP contribution is -2.48. The summed E-state index contributed by atoms with van der Waals surface area (Å²) in [7, 11) is 0. The van der Waals surface area contributed by atoms with Crippen molar-refractivity contribution >= 4 is 18.2 Å². The van der Waals surface area contributed by atoms with Crippen molar-refractivity contribution in [1.82, 2.24) is 15.7 Å². The van der Waals surface area contributed by atoms with Gasteiger partial charge in [-0.25, -0.2) is 5.06 Å². The molecule has 0 aromatic heterocycles. The Morgan fingerprint density at radius 3 is 2.58 bits per heavy atom. The minimum Gasteiger partial charge on any atom is -0.360 e. The van der Waals surface area contributed by atoms with Crippen LogP contribution in [0, 0.1) is 5.92 Å². The molecule has 1 fully saturated rings. The Bertz CT molecular complexity index is 700. The minimum absolute atomic E-state index is 0.0270. The summed E-state index contributed by atoms with van der Waals surface area (Å²) in [5, 5.41) is 15.9. The number of benzene rings is 1. The number of ether oxygens (including phenoxy) is 1. The molecule has 1 heterocycles. The van der Waals surface area contributed by atoms with Crippen LogP contribution in [0.25, 0.3) is 0 Å². The van der Waals surface area contributed by atoms with E-state index in [4.69, 9.17) is 4.74 Å². The molecule has 172 valence electrons. The molecular formula is C23H35N3O5. The quantitative estimate of drug-likeness (QED) is 0.146. The summed E-state index contributed by atoms with van der Waals surface area (Å²) in [5.74, 6) is -1.10. The Labute approximate surface area is 184 Å². The van der Waals surface area contributed by atoms with Crippen LogP contribution in [0.1, 0.15) is 70.5 Å². The fourth-order valence-corrected chi connectivity index (χ4v) is 4.05. The van der Waals surface area contributed by atoms with Crippen molar-refractivity contribution in [3.8, 4) is 0 Å². The highest BCUT2D eigenvalue weighted by Crippen LogP contribution is 2.32. The number of carbonyl (C=O) groups is 3. The summed E-state index contributed by atoms with van der Waals surface area (Å²) in [6, 6.07) is 9.19. The largest absolute Gasteiger partial charge is 0.360 e. The summed E-state index contributed by atoms with van der Waals surface area (Å²) in [6.45, 7) is 3.86. The molecule has 1 aromatic rings. The molecule has 8 heteroatoms. The van der Waals surface area contributed by atoms with Gasteiger partial charge in [0.15, 0.2) is 0 Å². The molecule has 0 aliphatic carbocycles. The molecule has 0 spiro atoms. The average Bonchev–Trinajstić information content (AvgIpc) is 3.29. The van der Waals surface area contributed by atoms with Gasteiger partial charge in [-0.1, -0.05) is 63.4 Å². The maximum Gasteiger partial charge on any atom is 0.250 e. The van der Waals surface area contributed by atoms with Gasteiger partial charge in [0.05, 0.1) is 24.7 Å². The van der Waals surface area contributed by atoms with Crippen molar-refractivity contribution in [2.45, 2.75) is 77.0 Å². The highest BCUT2D eigenvalue weighted by molar-refractivity contribution is 5.83. The number of carbonyl (C=O) groups excluding carboxylic acids is 3. The summed E-state index contributed by atoms with van der Waals surface area (Å²) >= 11 is 0. The smallest absolute Gasteiger partial charge is 0.250 e. The van der Waals surface area contributed by atoms with Crippen molar-refractivity contribution in [2.75, 3.05) is 6.67 Å². The Morgan fingerprint density at radius 1 is 1.19 bits per heavy atom. The normalized spacial score (nSPS) is 20.0. The molecule has 8 nitrogen and oxygen atoms in total. The van der Waals surface area contributed by atoms with Crippen LogP contribution in [0.3, 0.4) is 0 Å². The van der Waals surface area contributed by atoms with Gasteiger partial charge in [-0.2, -0.15) is 0 Å². The van der Waals surface area contributed by atoms with E-state index in [9.17, 15) is 19.6 Å². The molecule has 1 aliphatic heterocycles. The third-order valence-electron chi connectivity index (χ3n) is 5.79. The second-order valence-corrected chi connectivity index (χ2v) is 7.92. The zero-order valence-corrected chi connectivity index (χ0v) is 18.5. The molecule has 0 saturated carbocycles. The van der Waals surface area contributed by atoms with Crippen LogP contribution in [-0.2, 0) is 19.1 Å². The second kappa shape index (κ2) is 13.1. The van der Waals surface area contributed by atoms with Gasteiger partial charge in [0, 0.05) is 0 Å². The Balaban J connectivity index is 1.84. The summed E-state index contributed by atoms with van der Waals surface area (Å²) in [5.41, 5.74) is 1.05. The molecular weight excluding hydrogens is 398 g/mol. The predicted octanol–water partition coefficient (Wildman–Crippen LogP) is 2.92. The van der Waals surface area contributed by atoms with Crippen LogP contribution in [0.2, 0.25) is 0 Å². The van der Waals surface area contributed by atoms with Crippen molar-refractivity contribution in [2.24, 2.45) is 5.92 Å². The van der Waals surface area contributed by atoms with Crippen molar-refractivity contribution < 1.29 is 24.3 Å². The monoisotopic (exact) mass is 433 g/mol. The maximum absolute atomic E-state index is 12.8. The van der Waals surface area contributed by atoms with Crippen LogP contribution >= 0.6 is 0 Å². The molecule has 1 saturated heterocycles. The number of hydrogen-bond acceptors (Lipinski definition) is 5.